The number of ether oxygens (including phenoxy) is 2. The fourth-order valence-electron chi connectivity index (χ4n) is 4.23. The van der Waals surface area contributed by atoms with Gasteiger partial charge in [-0.25, -0.2) is 13.5 Å². The van der Waals surface area contributed by atoms with E-state index in [-0.39, 0.29) is 7.11 Å². The zero-order valence-electron chi connectivity index (χ0n) is 18.0. The van der Waals surface area contributed by atoms with Crippen molar-refractivity contribution < 1.29 is 19.7 Å². The van der Waals surface area contributed by atoms with Crippen molar-refractivity contribution in [3.63, 3.8) is 0 Å². The number of rotatable bonds is 5. The van der Waals surface area contributed by atoms with E-state index >= 15 is 0 Å². The Labute approximate surface area is 186 Å². The number of nitrogens with one attached hydrogen (secondary N) is 1. The van der Waals surface area contributed by atoms with Crippen LogP contribution in [-0.4, -0.2) is 58.6 Å². The summed E-state index contributed by atoms with van der Waals surface area (Å²) in [5.41, 5.74) is 2.78. The summed E-state index contributed by atoms with van der Waals surface area (Å²) in [6, 6.07) is 9.85. The van der Waals surface area contributed by atoms with Crippen LogP contribution in [0.2, 0.25) is 0 Å². The molecule has 2 fully saturated rings. The number of hydrogen-bond acceptors (Lipinski definition) is 6. The van der Waals surface area contributed by atoms with Crippen molar-refractivity contribution in [1.82, 2.24) is 19.7 Å². The SMILES string of the molecule is Cc1cc(Nc2ncn(-c3cc(F)cc(F)c3)n2)cc([C@@]2(C)CN(C3COC3)CCO2)c1.[HH]. The minimum atomic E-state index is -0.670. The van der Waals surface area contributed by atoms with E-state index in [9.17, 15) is 8.78 Å². The summed E-state index contributed by atoms with van der Waals surface area (Å²) in [7, 11) is 0. The third-order valence-corrected chi connectivity index (χ3v) is 5.99. The summed E-state index contributed by atoms with van der Waals surface area (Å²) >= 11 is 0. The molecule has 0 spiro atoms. The molecule has 0 aliphatic carbocycles. The van der Waals surface area contributed by atoms with Gasteiger partial charge >= 0.3 is 0 Å². The van der Waals surface area contributed by atoms with Gasteiger partial charge in [-0.2, -0.15) is 4.98 Å². The number of anilines is 2. The predicted octanol–water partition coefficient (Wildman–Crippen LogP) is 3.79. The van der Waals surface area contributed by atoms with Crippen molar-refractivity contribution in [3.8, 4) is 5.69 Å². The van der Waals surface area contributed by atoms with Gasteiger partial charge < -0.3 is 14.8 Å². The summed E-state index contributed by atoms with van der Waals surface area (Å²) in [4.78, 5) is 6.67. The topological polar surface area (TPSA) is 64.4 Å². The van der Waals surface area contributed by atoms with Gasteiger partial charge in [-0.1, -0.05) is 6.07 Å². The van der Waals surface area contributed by atoms with Gasteiger partial charge in [0.1, 0.15) is 23.6 Å². The summed E-state index contributed by atoms with van der Waals surface area (Å²) in [5, 5.41) is 7.51. The molecule has 7 nitrogen and oxygen atoms in total. The highest BCUT2D eigenvalue weighted by Crippen LogP contribution is 2.34. The molecule has 0 unspecified atom stereocenters. The van der Waals surface area contributed by atoms with E-state index in [1.54, 1.807) is 0 Å². The molecule has 3 aromatic rings. The van der Waals surface area contributed by atoms with Crippen molar-refractivity contribution in [3.05, 3.63) is 65.5 Å². The Hall–Kier alpha value is -2.88. The van der Waals surface area contributed by atoms with Crippen LogP contribution in [0, 0.1) is 18.6 Å². The molecule has 0 bridgehead atoms. The molecule has 2 aromatic carbocycles. The number of benzene rings is 2. The molecular formula is C23H27F2N5O2. The quantitative estimate of drug-likeness (QED) is 0.647. The monoisotopic (exact) mass is 443 g/mol. The van der Waals surface area contributed by atoms with Crippen molar-refractivity contribution in [2.45, 2.75) is 25.5 Å². The highest BCUT2D eigenvalue weighted by Gasteiger charge is 2.38. The van der Waals surface area contributed by atoms with Crippen LogP contribution in [0.1, 0.15) is 19.5 Å². The minimum Gasteiger partial charge on any atom is -0.378 e. The van der Waals surface area contributed by atoms with E-state index in [0.717, 1.165) is 49.2 Å². The number of nitrogens with zero attached hydrogens (tertiary/aromatic N) is 4. The standard InChI is InChI=1S/C23H25F2N5O2.H2/c1-15-5-16(23(2)13-29(3-4-32-23)21-11-31-12-21)7-19(6-15)27-22-26-14-30(28-22)20-9-17(24)8-18(25)10-20;/h5-10,14,21H,3-4,11-13H2,1-2H3,(H,27,28);1H/t23-;/m1./s1. The van der Waals surface area contributed by atoms with Crippen molar-refractivity contribution in [2.75, 3.05) is 38.2 Å². The maximum atomic E-state index is 13.5. The first-order valence-electron chi connectivity index (χ1n) is 10.6. The second kappa shape index (κ2) is 8.23. The second-order valence-electron chi connectivity index (χ2n) is 8.59. The molecule has 170 valence electrons. The summed E-state index contributed by atoms with van der Waals surface area (Å²) < 4.78 is 40.0. The molecule has 2 aliphatic heterocycles. The Kier molecular flexibility index (Phi) is 5.40. The van der Waals surface area contributed by atoms with E-state index < -0.39 is 17.2 Å². The van der Waals surface area contributed by atoms with Crippen LogP contribution in [0.4, 0.5) is 20.4 Å². The third-order valence-electron chi connectivity index (χ3n) is 5.99. The van der Waals surface area contributed by atoms with Gasteiger partial charge in [0.15, 0.2) is 0 Å². The fourth-order valence-corrected chi connectivity index (χ4v) is 4.23. The van der Waals surface area contributed by atoms with E-state index in [4.69, 9.17) is 9.47 Å². The normalized spacial score (nSPS) is 22.0. The van der Waals surface area contributed by atoms with E-state index in [1.807, 2.05) is 19.1 Å². The Morgan fingerprint density at radius 3 is 2.62 bits per heavy atom. The van der Waals surface area contributed by atoms with Gasteiger partial charge in [0.2, 0.25) is 5.95 Å². The lowest BCUT2D eigenvalue weighted by Gasteiger charge is -2.46. The summed E-state index contributed by atoms with van der Waals surface area (Å²) in [5.74, 6) is -1.01. The highest BCUT2D eigenvalue weighted by atomic mass is 19.1. The third kappa shape index (κ3) is 4.23. The van der Waals surface area contributed by atoms with Crippen LogP contribution in [0.5, 0.6) is 0 Å². The molecule has 0 radical (unpaired) electrons. The first kappa shape index (κ1) is 21.0. The first-order valence-corrected chi connectivity index (χ1v) is 10.6. The van der Waals surface area contributed by atoms with Crippen molar-refractivity contribution in [2.24, 2.45) is 0 Å². The van der Waals surface area contributed by atoms with Gasteiger partial charge in [0, 0.05) is 26.3 Å². The molecule has 1 aromatic heterocycles. The van der Waals surface area contributed by atoms with Crippen LogP contribution >= 0.6 is 0 Å². The van der Waals surface area contributed by atoms with Gasteiger partial charge in [-0.05, 0) is 49.2 Å². The Bertz CT molecular complexity index is 1120. The van der Waals surface area contributed by atoms with Crippen LogP contribution in [0.3, 0.4) is 0 Å². The number of morpholine rings is 1. The van der Waals surface area contributed by atoms with Gasteiger partial charge in [-0.15, -0.1) is 5.10 Å². The van der Waals surface area contributed by atoms with Gasteiger partial charge in [0.25, 0.3) is 0 Å². The van der Waals surface area contributed by atoms with E-state index in [2.05, 4.69) is 33.3 Å². The maximum absolute atomic E-state index is 13.5. The van der Waals surface area contributed by atoms with Crippen LogP contribution in [0.25, 0.3) is 5.69 Å². The smallest absolute Gasteiger partial charge is 0.246 e. The number of aromatic nitrogens is 3. The molecule has 32 heavy (non-hydrogen) atoms. The first-order chi connectivity index (χ1) is 15.4. The zero-order valence-corrected chi connectivity index (χ0v) is 18.0. The number of aryl methyl sites for hydroxylation is 1. The molecule has 1 N–H and O–H groups in total. The molecule has 0 saturated carbocycles. The zero-order chi connectivity index (χ0) is 22.3. The van der Waals surface area contributed by atoms with E-state index in [1.165, 1.54) is 23.1 Å². The van der Waals surface area contributed by atoms with E-state index in [0.29, 0.717) is 18.6 Å². The summed E-state index contributed by atoms with van der Waals surface area (Å²) in [6.45, 7) is 8.06. The molecule has 5 rings (SSSR count). The van der Waals surface area contributed by atoms with Gasteiger partial charge in [-0.3, -0.25) is 4.90 Å². The lowest BCUT2D eigenvalue weighted by molar-refractivity contribution is -0.151. The number of halogens is 2. The Morgan fingerprint density at radius 2 is 1.91 bits per heavy atom. The van der Waals surface area contributed by atoms with Crippen LogP contribution in [0.15, 0.2) is 42.7 Å². The van der Waals surface area contributed by atoms with Crippen LogP contribution < -0.4 is 5.32 Å². The van der Waals surface area contributed by atoms with Crippen LogP contribution in [-0.2, 0) is 15.1 Å². The minimum absolute atomic E-state index is 0. The Balaban J connectivity index is 0.00000259. The van der Waals surface area contributed by atoms with Crippen molar-refractivity contribution >= 4 is 11.6 Å². The molecular weight excluding hydrogens is 416 g/mol. The molecule has 0 amide bonds. The van der Waals surface area contributed by atoms with Crippen molar-refractivity contribution in [1.29, 1.82) is 0 Å². The lowest BCUT2D eigenvalue weighted by Crippen LogP contribution is -2.57. The molecule has 1 atom stereocenters. The molecule has 2 aliphatic rings. The lowest BCUT2D eigenvalue weighted by atomic mass is 9.91. The Morgan fingerprint density at radius 1 is 1.12 bits per heavy atom. The second-order valence-corrected chi connectivity index (χ2v) is 8.59. The summed E-state index contributed by atoms with van der Waals surface area (Å²) in [6.07, 6.45) is 1.41. The molecule has 2 saturated heterocycles. The predicted molar refractivity (Wildman–Crippen MR) is 117 cm³/mol. The molecule has 3 heterocycles. The highest BCUT2D eigenvalue weighted by molar-refractivity contribution is 5.57. The molecule has 9 heteroatoms. The number of hydrogen-bond donors (Lipinski definition) is 1. The van der Waals surface area contributed by atoms with Gasteiger partial charge in [0.05, 0.1) is 31.5 Å². The largest absolute Gasteiger partial charge is 0.378 e. The maximum Gasteiger partial charge on any atom is 0.246 e. The average molecular weight is 443 g/mol. The average Bonchev–Trinajstić information content (AvgIpc) is 3.14. The fraction of sp³-hybridized carbons (Fsp3) is 0.391.